The highest BCUT2D eigenvalue weighted by Gasteiger charge is 2.25. The first kappa shape index (κ1) is 11.0. The maximum Gasteiger partial charge on any atom is 0.160 e. The van der Waals surface area contributed by atoms with Gasteiger partial charge in [-0.25, -0.2) is 0 Å². The topological polar surface area (TPSA) is 38.7 Å². The van der Waals surface area contributed by atoms with Gasteiger partial charge in [0.05, 0.1) is 13.2 Å². The van der Waals surface area contributed by atoms with Crippen LogP contribution >= 0.6 is 0 Å². The third kappa shape index (κ3) is 3.63. The molecule has 0 aromatic carbocycles. The number of aliphatic hydroxyl groups excluding tert-OH is 1. The highest BCUT2D eigenvalue weighted by Crippen LogP contribution is 2.23. The Hall–Kier alpha value is -0.120. The summed E-state index contributed by atoms with van der Waals surface area (Å²) in [5.74, 6) is 0.472. The van der Waals surface area contributed by atoms with Crippen LogP contribution in [-0.4, -0.2) is 31.2 Å². The SMILES string of the molecule is CCCC(CCCO)C1OCCO1. The Labute approximate surface area is 80.0 Å². The fourth-order valence-corrected chi connectivity index (χ4v) is 1.79. The maximum absolute atomic E-state index is 8.74. The van der Waals surface area contributed by atoms with Crippen molar-refractivity contribution in [1.82, 2.24) is 0 Å². The van der Waals surface area contributed by atoms with Crippen LogP contribution in [0.25, 0.3) is 0 Å². The van der Waals surface area contributed by atoms with Gasteiger partial charge in [0.15, 0.2) is 6.29 Å². The van der Waals surface area contributed by atoms with Crippen molar-refractivity contribution in [3.05, 3.63) is 0 Å². The van der Waals surface area contributed by atoms with Crippen molar-refractivity contribution in [3.8, 4) is 0 Å². The summed E-state index contributed by atoms with van der Waals surface area (Å²) in [5.41, 5.74) is 0. The molecule has 1 aliphatic rings. The smallest absolute Gasteiger partial charge is 0.160 e. The Bertz CT molecular complexity index is 121. The first-order chi connectivity index (χ1) is 6.38. The third-order valence-electron chi connectivity index (χ3n) is 2.42. The van der Waals surface area contributed by atoms with E-state index in [1.165, 1.54) is 0 Å². The van der Waals surface area contributed by atoms with E-state index in [2.05, 4.69) is 6.92 Å². The fourth-order valence-electron chi connectivity index (χ4n) is 1.79. The quantitative estimate of drug-likeness (QED) is 0.687. The van der Waals surface area contributed by atoms with E-state index < -0.39 is 0 Å². The third-order valence-corrected chi connectivity index (χ3v) is 2.42. The minimum atomic E-state index is -0.00787. The van der Waals surface area contributed by atoms with Gasteiger partial charge in [0.1, 0.15) is 0 Å². The standard InChI is InChI=1S/C10H20O3/c1-2-4-9(5-3-6-11)10-12-7-8-13-10/h9-11H,2-8H2,1H3. The Morgan fingerprint density at radius 3 is 2.54 bits per heavy atom. The normalized spacial score (nSPS) is 20.8. The van der Waals surface area contributed by atoms with Crippen molar-refractivity contribution < 1.29 is 14.6 Å². The summed E-state index contributed by atoms with van der Waals surface area (Å²) in [4.78, 5) is 0. The molecule has 3 nitrogen and oxygen atoms in total. The molecule has 1 unspecified atom stereocenters. The van der Waals surface area contributed by atoms with E-state index in [0.29, 0.717) is 5.92 Å². The number of hydrogen-bond donors (Lipinski definition) is 1. The van der Waals surface area contributed by atoms with E-state index in [9.17, 15) is 0 Å². The first-order valence-electron chi connectivity index (χ1n) is 5.22. The van der Waals surface area contributed by atoms with Gasteiger partial charge in [-0.15, -0.1) is 0 Å². The Balaban J connectivity index is 2.26. The van der Waals surface area contributed by atoms with Gasteiger partial charge < -0.3 is 14.6 Å². The minimum absolute atomic E-state index is 0.00787. The second-order valence-corrected chi connectivity index (χ2v) is 3.52. The monoisotopic (exact) mass is 188 g/mol. The summed E-state index contributed by atoms with van der Waals surface area (Å²) in [6.07, 6.45) is 4.14. The molecule has 1 rings (SSSR count). The molecular weight excluding hydrogens is 168 g/mol. The van der Waals surface area contributed by atoms with E-state index in [-0.39, 0.29) is 12.9 Å². The second kappa shape index (κ2) is 6.35. The van der Waals surface area contributed by atoms with Gasteiger partial charge in [-0.2, -0.15) is 0 Å². The van der Waals surface area contributed by atoms with Crippen molar-refractivity contribution in [1.29, 1.82) is 0 Å². The first-order valence-corrected chi connectivity index (χ1v) is 5.22. The number of rotatable bonds is 6. The van der Waals surface area contributed by atoms with E-state index in [1.807, 2.05) is 0 Å². The molecule has 13 heavy (non-hydrogen) atoms. The van der Waals surface area contributed by atoms with Crippen LogP contribution in [0.15, 0.2) is 0 Å². The summed E-state index contributed by atoms with van der Waals surface area (Å²) in [7, 11) is 0. The molecule has 1 heterocycles. The molecule has 1 fully saturated rings. The van der Waals surface area contributed by atoms with Crippen molar-refractivity contribution in [3.63, 3.8) is 0 Å². The van der Waals surface area contributed by atoms with Crippen LogP contribution in [0, 0.1) is 5.92 Å². The maximum atomic E-state index is 8.74. The molecule has 0 aromatic rings. The molecule has 0 saturated carbocycles. The molecule has 0 spiro atoms. The molecule has 1 aliphatic heterocycles. The average molecular weight is 188 g/mol. The molecule has 0 aliphatic carbocycles. The summed E-state index contributed by atoms with van der Waals surface area (Å²) in [6.45, 7) is 3.89. The van der Waals surface area contributed by atoms with Crippen LogP contribution in [-0.2, 0) is 9.47 Å². The minimum Gasteiger partial charge on any atom is -0.396 e. The molecular formula is C10H20O3. The zero-order valence-electron chi connectivity index (χ0n) is 8.37. The molecule has 78 valence electrons. The average Bonchev–Trinajstić information content (AvgIpc) is 2.65. The van der Waals surface area contributed by atoms with Gasteiger partial charge >= 0.3 is 0 Å². The van der Waals surface area contributed by atoms with Crippen LogP contribution in [0.1, 0.15) is 32.6 Å². The number of hydrogen-bond acceptors (Lipinski definition) is 3. The van der Waals surface area contributed by atoms with E-state index in [1.54, 1.807) is 0 Å². The Morgan fingerprint density at radius 2 is 2.00 bits per heavy atom. The van der Waals surface area contributed by atoms with Crippen LogP contribution in [0.3, 0.4) is 0 Å². The largest absolute Gasteiger partial charge is 0.396 e. The molecule has 0 bridgehead atoms. The van der Waals surface area contributed by atoms with E-state index in [4.69, 9.17) is 14.6 Å². The summed E-state index contributed by atoms with van der Waals surface area (Å²) in [5, 5.41) is 8.74. The van der Waals surface area contributed by atoms with Gasteiger partial charge in [-0.05, 0) is 19.3 Å². The van der Waals surface area contributed by atoms with Crippen LogP contribution in [0.4, 0.5) is 0 Å². The van der Waals surface area contributed by atoms with Crippen LogP contribution in [0.5, 0.6) is 0 Å². The molecule has 1 atom stereocenters. The number of aliphatic hydroxyl groups is 1. The molecule has 0 amide bonds. The number of ether oxygens (including phenoxy) is 2. The van der Waals surface area contributed by atoms with Crippen molar-refractivity contribution in [2.24, 2.45) is 5.92 Å². The van der Waals surface area contributed by atoms with Crippen molar-refractivity contribution in [2.45, 2.75) is 38.9 Å². The predicted octanol–water partition coefficient (Wildman–Crippen LogP) is 1.55. The second-order valence-electron chi connectivity index (χ2n) is 3.52. The molecule has 1 N–H and O–H groups in total. The lowest BCUT2D eigenvalue weighted by Crippen LogP contribution is -2.21. The zero-order chi connectivity index (χ0) is 9.52. The Morgan fingerprint density at radius 1 is 1.31 bits per heavy atom. The van der Waals surface area contributed by atoms with Crippen molar-refractivity contribution in [2.75, 3.05) is 19.8 Å². The lowest BCUT2D eigenvalue weighted by Gasteiger charge is -2.21. The lowest BCUT2D eigenvalue weighted by molar-refractivity contribution is -0.0886. The van der Waals surface area contributed by atoms with Gasteiger partial charge in [0.25, 0.3) is 0 Å². The van der Waals surface area contributed by atoms with Gasteiger partial charge in [-0.1, -0.05) is 13.3 Å². The highest BCUT2D eigenvalue weighted by molar-refractivity contribution is 4.66. The lowest BCUT2D eigenvalue weighted by atomic mass is 9.97. The van der Waals surface area contributed by atoms with Crippen LogP contribution < -0.4 is 0 Å². The van der Waals surface area contributed by atoms with Gasteiger partial charge in [0, 0.05) is 12.5 Å². The predicted molar refractivity (Wildman–Crippen MR) is 50.4 cm³/mol. The van der Waals surface area contributed by atoms with Gasteiger partial charge in [0.2, 0.25) is 0 Å². The summed E-state index contributed by atoms with van der Waals surface area (Å²) < 4.78 is 10.9. The summed E-state index contributed by atoms with van der Waals surface area (Å²) >= 11 is 0. The van der Waals surface area contributed by atoms with Crippen LogP contribution in [0.2, 0.25) is 0 Å². The van der Waals surface area contributed by atoms with E-state index >= 15 is 0 Å². The summed E-state index contributed by atoms with van der Waals surface area (Å²) in [6, 6.07) is 0. The van der Waals surface area contributed by atoms with Crippen molar-refractivity contribution >= 4 is 0 Å². The Kier molecular flexibility index (Phi) is 5.35. The highest BCUT2D eigenvalue weighted by atomic mass is 16.7. The molecule has 1 saturated heterocycles. The van der Waals surface area contributed by atoms with Gasteiger partial charge in [-0.3, -0.25) is 0 Å². The fraction of sp³-hybridized carbons (Fsp3) is 1.00. The molecule has 3 heteroatoms. The molecule has 0 radical (unpaired) electrons. The molecule has 0 aromatic heterocycles. The zero-order valence-corrected chi connectivity index (χ0v) is 8.37. The van der Waals surface area contributed by atoms with E-state index in [0.717, 1.165) is 38.9 Å².